The summed E-state index contributed by atoms with van der Waals surface area (Å²) in [7, 11) is -3.27. The normalized spacial score (nSPS) is 11.6. The largest absolute Gasteiger partial charge is 0.478 e. The second kappa shape index (κ2) is 3.85. The Hall–Kier alpha value is -1.88. The first-order chi connectivity index (χ1) is 7.88. The number of carboxylic acids is 1. The number of sulfone groups is 1. The van der Waals surface area contributed by atoms with Gasteiger partial charge in [0, 0.05) is 6.26 Å². The standard InChI is InChI=1S/C12H10O4S/c1-17(15,16)11-5-4-8-2-3-9(12(13)14)6-10(8)7-11/h2-7H,1H3,(H,13,14). The minimum atomic E-state index is -3.27. The first-order valence-electron chi connectivity index (χ1n) is 4.85. The van der Waals surface area contributed by atoms with E-state index < -0.39 is 15.8 Å². The maximum atomic E-state index is 11.4. The molecule has 0 unspecified atom stereocenters. The van der Waals surface area contributed by atoms with E-state index in [0.29, 0.717) is 5.39 Å². The molecule has 0 aromatic heterocycles. The van der Waals surface area contributed by atoms with Crippen molar-refractivity contribution < 1.29 is 18.3 Å². The first kappa shape index (κ1) is 11.6. The van der Waals surface area contributed by atoms with E-state index in [1.54, 1.807) is 12.1 Å². The van der Waals surface area contributed by atoms with E-state index in [1.807, 2.05) is 0 Å². The van der Waals surface area contributed by atoms with E-state index in [4.69, 9.17) is 5.11 Å². The van der Waals surface area contributed by atoms with E-state index in [-0.39, 0.29) is 10.5 Å². The molecule has 1 N–H and O–H groups in total. The molecule has 0 spiro atoms. The highest BCUT2D eigenvalue weighted by Gasteiger charge is 2.09. The Labute approximate surface area is 98.4 Å². The monoisotopic (exact) mass is 250 g/mol. The highest BCUT2D eigenvalue weighted by atomic mass is 32.2. The zero-order chi connectivity index (χ0) is 12.6. The molecule has 0 heterocycles. The van der Waals surface area contributed by atoms with Gasteiger partial charge >= 0.3 is 5.97 Å². The van der Waals surface area contributed by atoms with E-state index in [2.05, 4.69) is 0 Å². The number of fused-ring (bicyclic) bond motifs is 1. The van der Waals surface area contributed by atoms with Crippen LogP contribution >= 0.6 is 0 Å². The third-order valence-corrected chi connectivity index (χ3v) is 3.60. The van der Waals surface area contributed by atoms with Crippen molar-refractivity contribution >= 4 is 26.6 Å². The maximum absolute atomic E-state index is 11.4. The van der Waals surface area contributed by atoms with Crippen LogP contribution in [0.5, 0.6) is 0 Å². The van der Waals surface area contributed by atoms with E-state index in [1.165, 1.54) is 24.3 Å². The van der Waals surface area contributed by atoms with Gasteiger partial charge in [0.25, 0.3) is 0 Å². The molecule has 0 aliphatic rings. The number of carbonyl (C=O) groups is 1. The molecule has 2 rings (SSSR count). The van der Waals surface area contributed by atoms with Gasteiger partial charge in [-0.1, -0.05) is 12.1 Å². The van der Waals surface area contributed by atoms with Gasteiger partial charge in [0.2, 0.25) is 0 Å². The molecule has 5 heteroatoms. The summed E-state index contributed by atoms with van der Waals surface area (Å²) in [4.78, 5) is 11.0. The van der Waals surface area contributed by atoms with Crippen LogP contribution in [0.15, 0.2) is 41.3 Å². The van der Waals surface area contributed by atoms with Crippen LogP contribution in [0.1, 0.15) is 10.4 Å². The van der Waals surface area contributed by atoms with Crippen molar-refractivity contribution in [3.05, 3.63) is 42.0 Å². The molecule has 0 saturated carbocycles. The molecule has 88 valence electrons. The Bertz CT molecular complexity index is 702. The van der Waals surface area contributed by atoms with Gasteiger partial charge in [0.15, 0.2) is 9.84 Å². The molecule has 2 aromatic rings. The van der Waals surface area contributed by atoms with Crippen LogP contribution in [0.4, 0.5) is 0 Å². The SMILES string of the molecule is CS(=O)(=O)c1ccc2ccc(C(=O)O)cc2c1. The predicted molar refractivity (Wildman–Crippen MR) is 64.0 cm³/mol. The highest BCUT2D eigenvalue weighted by Crippen LogP contribution is 2.20. The van der Waals surface area contributed by atoms with Crippen molar-refractivity contribution in [1.82, 2.24) is 0 Å². The van der Waals surface area contributed by atoms with Gasteiger partial charge in [-0.2, -0.15) is 0 Å². The van der Waals surface area contributed by atoms with Crippen molar-refractivity contribution in [2.24, 2.45) is 0 Å². The Morgan fingerprint density at radius 2 is 1.71 bits per heavy atom. The lowest BCUT2D eigenvalue weighted by atomic mass is 10.1. The summed E-state index contributed by atoms with van der Waals surface area (Å²) < 4.78 is 22.8. The van der Waals surface area contributed by atoms with Gasteiger partial charge in [0.05, 0.1) is 10.5 Å². The molecule has 0 bridgehead atoms. The van der Waals surface area contributed by atoms with E-state index >= 15 is 0 Å². The van der Waals surface area contributed by atoms with Crippen LogP contribution in [-0.4, -0.2) is 25.7 Å². The number of carboxylic acid groups (broad SMARTS) is 1. The van der Waals surface area contributed by atoms with Gasteiger partial charge in [0.1, 0.15) is 0 Å². The summed E-state index contributed by atoms with van der Waals surface area (Å²) in [5.74, 6) is -1.03. The van der Waals surface area contributed by atoms with Crippen molar-refractivity contribution in [2.75, 3.05) is 6.26 Å². The molecule has 0 atom stereocenters. The summed E-state index contributed by atoms with van der Waals surface area (Å²) >= 11 is 0. The lowest BCUT2D eigenvalue weighted by molar-refractivity contribution is 0.0697. The van der Waals surface area contributed by atoms with Crippen LogP contribution in [-0.2, 0) is 9.84 Å². The summed E-state index contributed by atoms with van der Waals surface area (Å²) in [6.45, 7) is 0. The summed E-state index contributed by atoms with van der Waals surface area (Å²) in [5.41, 5.74) is 0.142. The van der Waals surface area contributed by atoms with Crippen LogP contribution in [0.3, 0.4) is 0 Å². The average molecular weight is 250 g/mol. The maximum Gasteiger partial charge on any atom is 0.335 e. The molecule has 4 nitrogen and oxygen atoms in total. The van der Waals surface area contributed by atoms with Gasteiger partial charge < -0.3 is 5.11 Å². The molecule has 0 amide bonds. The fourth-order valence-electron chi connectivity index (χ4n) is 1.59. The lowest BCUT2D eigenvalue weighted by Gasteiger charge is -2.03. The second-order valence-corrected chi connectivity index (χ2v) is 5.82. The van der Waals surface area contributed by atoms with Crippen molar-refractivity contribution in [1.29, 1.82) is 0 Å². The summed E-state index contributed by atoms with van der Waals surface area (Å²) in [6, 6.07) is 9.27. The Balaban J connectivity index is 2.71. The average Bonchev–Trinajstić information content (AvgIpc) is 2.26. The Morgan fingerprint density at radius 3 is 2.29 bits per heavy atom. The minimum absolute atomic E-state index is 0.142. The van der Waals surface area contributed by atoms with E-state index in [9.17, 15) is 13.2 Å². The van der Waals surface area contributed by atoms with Crippen molar-refractivity contribution in [3.63, 3.8) is 0 Å². The molecule has 0 aliphatic heterocycles. The predicted octanol–water partition coefficient (Wildman–Crippen LogP) is 1.94. The Morgan fingerprint density at radius 1 is 1.06 bits per heavy atom. The van der Waals surface area contributed by atoms with Crippen LogP contribution < -0.4 is 0 Å². The molecule has 0 saturated heterocycles. The summed E-state index contributed by atoms with van der Waals surface area (Å²) in [6.07, 6.45) is 1.12. The lowest BCUT2D eigenvalue weighted by Crippen LogP contribution is -1.98. The van der Waals surface area contributed by atoms with Crippen molar-refractivity contribution in [3.8, 4) is 0 Å². The number of benzene rings is 2. The van der Waals surface area contributed by atoms with Gasteiger partial charge in [-0.15, -0.1) is 0 Å². The van der Waals surface area contributed by atoms with Crippen LogP contribution in [0.25, 0.3) is 10.8 Å². The third kappa shape index (κ3) is 2.29. The smallest absolute Gasteiger partial charge is 0.335 e. The van der Waals surface area contributed by atoms with Gasteiger partial charge in [-0.25, -0.2) is 13.2 Å². The number of aromatic carboxylic acids is 1. The zero-order valence-corrected chi connectivity index (χ0v) is 9.86. The number of rotatable bonds is 2. The molecule has 0 radical (unpaired) electrons. The topological polar surface area (TPSA) is 71.4 Å². The van der Waals surface area contributed by atoms with Crippen molar-refractivity contribution in [2.45, 2.75) is 4.90 Å². The fraction of sp³-hybridized carbons (Fsp3) is 0.0833. The highest BCUT2D eigenvalue weighted by molar-refractivity contribution is 7.90. The molecular formula is C12H10O4S. The Kier molecular flexibility index (Phi) is 2.63. The molecular weight excluding hydrogens is 240 g/mol. The minimum Gasteiger partial charge on any atom is -0.478 e. The van der Waals surface area contributed by atoms with Crippen LogP contribution in [0, 0.1) is 0 Å². The number of hydrogen-bond acceptors (Lipinski definition) is 3. The van der Waals surface area contributed by atoms with Crippen LogP contribution in [0.2, 0.25) is 0 Å². The second-order valence-electron chi connectivity index (χ2n) is 3.80. The molecule has 0 fully saturated rings. The van der Waals surface area contributed by atoms with Gasteiger partial charge in [-0.05, 0) is 35.0 Å². The summed E-state index contributed by atoms with van der Waals surface area (Å²) in [5, 5.41) is 10.3. The molecule has 17 heavy (non-hydrogen) atoms. The quantitative estimate of drug-likeness (QED) is 0.884. The first-order valence-corrected chi connectivity index (χ1v) is 6.74. The zero-order valence-electron chi connectivity index (χ0n) is 9.04. The van der Waals surface area contributed by atoms with E-state index in [0.717, 1.165) is 11.6 Å². The third-order valence-electron chi connectivity index (χ3n) is 2.49. The fourth-order valence-corrected chi connectivity index (χ4v) is 2.24. The molecule has 2 aromatic carbocycles. The molecule has 0 aliphatic carbocycles. The number of hydrogen-bond donors (Lipinski definition) is 1. The van der Waals surface area contributed by atoms with Gasteiger partial charge in [-0.3, -0.25) is 0 Å².